The van der Waals surface area contributed by atoms with Crippen LogP contribution < -0.4 is 11.5 Å². The summed E-state index contributed by atoms with van der Waals surface area (Å²) in [6, 6.07) is -0.742. The van der Waals surface area contributed by atoms with Gasteiger partial charge in [0.1, 0.15) is 6.04 Å². The highest BCUT2D eigenvalue weighted by atomic mass is 31.2. The normalized spacial score (nSPS) is 11.8. The molecule has 0 bridgehead atoms. The molecule has 0 aromatic heterocycles. The second-order valence-corrected chi connectivity index (χ2v) is 3.42. The zero-order valence-electron chi connectivity index (χ0n) is 7.81. The van der Waals surface area contributed by atoms with E-state index in [1.165, 1.54) is 0 Å². The van der Waals surface area contributed by atoms with E-state index in [0.717, 1.165) is 0 Å². The van der Waals surface area contributed by atoms with E-state index < -0.39 is 19.8 Å². The smallest absolute Gasteiger partial charge is 0.466 e. The van der Waals surface area contributed by atoms with Gasteiger partial charge in [-0.05, 0) is 19.4 Å². The van der Waals surface area contributed by atoms with Gasteiger partial charge in [0.15, 0.2) is 0 Å². The third-order valence-electron chi connectivity index (χ3n) is 1.04. The van der Waals surface area contributed by atoms with Gasteiger partial charge >= 0.3 is 13.8 Å². The molecule has 0 unspecified atom stereocenters. The average Bonchev–Trinajstić information content (AvgIpc) is 1.96. The van der Waals surface area contributed by atoms with Crippen molar-refractivity contribution in [3.8, 4) is 0 Å². The molecule has 0 radical (unpaired) electrons. The van der Waals surface area contributed by atoms with E-state index in [9.17, 15) is 4.79 Å². The van der Waals surface area contributed by atoms with Crippen molar-refractivity contribution in [2.45, 2.75) is 18.9 Å². The lowest BCUT2D eigenvalue weighted by Gasteiger charge is -2.02. The molecule has 0 rings (SSSR count). The SMILES string of the molecule is F.NCCC[C@H](N)C(=O)O.O=P(O)(O)O. The minimum atomic E-state index is -4.64. The number of hydrogen-bond donors (Lipinski definition) is 6. The zero-order valence-corrected chi connectivity index (χ0v) is 8.71. The van der Waals surface area contributed by atoms with Crippen LogP contribution in [0.25, 0.3) is 0 Å². The number of halogens is 1. The molecule has 0 saturated carbocycles. The molecule has 0 saturated heterocycles. The van der Waals surface area contributed by atoms with Crippen LogP contribution in [0.5, 0.6) is 0 Å². The Kier molecular flexibility index (Phi) is 13.2. The molecule has 0 heterocycles. The Morgan fingerprint density at radius 3 is 1.87 bits per heavy atom. The summed E-state index contributed by atoms with van der Waals surface area (Å²) in [5.41, 5.74) is 10.3. The number of carboxylic acid groups (broad SMARTS) is 1. The second-order valence-electron chi connectivity index (χ2n) is 2.39. The van der Waals surface area contributed by atoms with Crippen molar-refractivity contribution >= 4 is 13.8 Å². The summed E-state index contributed by atoms with van der Waals surface area (Å²) in [5, 5.41) is 8.24. The van der Waals surface area contributed by atoms with Gasteiger partial charge in [0.05, 0.1) is 0 Å². The Morgan fingerprint density at radius 2 is 1.67 bits per heavy atom. The quantitative estimate of drug-likeness (QED) is 0.323. The first-order valence-corrected chi connectivity index (χ1v) is 5.21. The fourth-order valence-electron chi connectivity index (χ4n) is 0.461. The molecule has 8 nitrogen and oxygen atoms in total. The monoisotopic (exact) mass is 250 g/mol. The molecule has 8 N–H and O–H groups in total. The van der Waals surface area contributed by atoms with Crippen molar-refractivity contribution in [2.24, 2.45) is 11.5 Å². The van der Waals surface area contributed by atoms with Crippen LogP contribution in [0.15, 0.2) is 0 Å². The Hall–Kier alpha value is -0.570. The maximum atomic E-state index is 10.0. The van der Waals surface area contributed by atoms with E-state index in [4.69, 9.17) is 35.8 Å². The van der Waals surface area contributed by atoms with Gasteiger partial charge in [-0.3, -0.25) is 9.50 Å². The first kappa shape index (κ1) is 19.9. The molecule has 10 heteroatoms. The van der Waals surface area contributed by atoms with E-state index in [1.807, 2.05) is 0 Å². The number of carbonyl (C=O) groups is 1. The number of rotatable bonds is 4. The Morgan fingerprint density at radius 1 is 1.33 bits per heavy atom. The molecule has 0 amide bonds. The number of aliphatic carboxylic acids is 1. The van der Waals surface area contributed by atoms with Crippen molar-refractivity contribution < 1.29 is 33.9 Å². The third-order valence-corrected chi connectivity index (χ3v) is 1.04. The first-order chi connectivity index (χ1) is 6.18. The number of carboxylic acids is 1. The standard InChI is InChI=1S/C5H12N2O2.FH.H3O4P/c6-3-1-2-4(7)5(8)9;;1-5(2,3)4/h4H,1-3,6-7H2,(H,8,9);1H;(H3,1,2,3,4)/t4-;;/m0../s1. The third kappa shape index (κ3) is 31.8. The van der Waals surface area contributed by atoms with Crippen molar-refractivity contribution in [1.29, 1.82) is 0 Å². The summed E-state index contributed by atoms with van der Waals surface area (Å²) in [6.45, 7) is 0.501. The highest BCUT2D eigenvalue weighted by molar-refractivity contribution is 7.45. The Balaban J connectivity index is -0.000000208. The molecule has 0 aromatic rings. The maximum absolute atomic E-state index is 10.0. The predicted molar refractivity (Wildman–Crippen MR) is 50.7 cm³/mol. The van der Waals surface area contributed by atoms with Crippen LogP contribution in [-0.2, 0) is 9.36 Å². The summed E-state index contributed by atoms with van der Waals surface area (Å²) < 4.78 is 8.88. The number of phosphoric acid groups is 1. The topological polar surface area (TPSA) is 167 Å². The largest absolute Gasteiger partial charge is 0.480 e. The summed E-state index contributed by atoms with van der Waals surface area (Å²) >= 11 is 0. The molecule has 94 valence electrons. The van der Waals surface area contributed by atoms with E-state index in [-0.39, 0.29) is 4.70 Å². The van der Waals surface area contributed by atoms with Gasteiger partial charge in [0.2, 0.25) is 0 Å². The van der Waals surface area contributed by atoms with E-state index >= 15 is 0 Å². The summed E-state index contributed by atoms with van der Waals surface area (Å²) in [7, 11) is -4.64. The van der Waals surface area contributed by atoms with Crippen molar-refractivity contribution in [3.63, 3.8) is 0 Å². The van der Waals surface area contributed by atoms with E-state index in [1.54, 1.807) is 0 Å². The number of nitrogens with two attached hydrogens (primary N) is 2. The lowest BCUT2D eigenvalue weighted by Crippen LogP contribution is -2.30. The number of hydrogen-bond acceptors (Lipinski definition) is 4. The van der Waals surface area contributed by atoms with Crippen molar-refractivity contribution in [2.75, 3.05) is 6.54 Å². The minimum Gasteiger partial charge on any atom is -0.480 e. The molecule has 0 aliphatic heterocycles. The molecule has 0 aromatic carbocycles. The van der Waals surface area contributed by atoms with Crippen LogP contribution in [-0.4, -0.2) is 38.3 Å². The van der Waals surface area contributed by atoms with Crippen LogP contribution >= 0.6 is 7.82 Å². The summed E-state index contributed by atoms with van der Waals surface area (Å²) in [5.74, 6) is -0.955. The maximum Gasteiger partial charge on any atom is 0.466 e. The Labute approximate surface area is 85.5 Å². The lowest BCUT2D eigenvalue weighted by molar-refractivity contribution is -0.138. The van der Waals surface area contributed by atoms with Crippen LogP contribution in [0.4, 0.5) is 4.70 Å². The lowest BCUT2D eigenvalue weighted by atomic mass is 10.2. The molecule has 0 aliphatic rings. The van der Waals surface area contributed by atoms with E-state index in [0.29, 0.717) is 19.4 Å². The predicted octanol–water partition coefficient (Wildman–Crippen LogP) is -1.64. The summed E-state index contributed by atoms with van der Waals surface area (Å²) in [6.07, 6.45) is 1.14. The van der Waals surface area contributed by atoms with Gasteiger partial charge < -0.3 is 31.3 Å². The van der Waals surface area contributed by atoms with Crippen LogP contribution in [0.3, 0.4) is 0 Å². The Bertz CT molecular complexity index is 201. The molecule has 0 fully saturated rings. The van der Waals surface area contributed by atoms with Gasteiger partial charge in [-0.1, -0.05) is 0 Å². The van der Waals surface area contributed by atoms with Gasteiger partial charge in [-0.15, -0.1) is 0 Å². The highest BCUT2D eigenvalue weighted by Crippen LogP contribution is 2.25. The molecular weight excluding hydrogens is 234 g/mol. The van der Waals surface area contributed by atoms with Gasteiger partial charge in [0.25, 0.3) is 0 Å². The molecule has 15 heavy (non-hydrogen) atoms. The fraction of sp³-hybridized carbons (Fsp3) is 0.800. The van der Waals surface area contributed by atoms with Crippen molar-refractivity contribution in [1.82, 2.24) is 0 Å². The molecular formula is C5H16FN2O6P. The fourth-order valence-corrected chi connectivity index (χ4v) is 0.461. The minimum absolute atomic E-state index is 0. The molecule has 0 aliphatic carbocycles. The highest BCUT2D eigenvalue weighted by Gasteiger charge is 2.08. The summed E-state index contributed by atoms with van der Waals surface area (Å²) in [4.78, 5) is 31.6. The first-order valence-electron chi connectivity index (χ1n) is 3.65. The van der Waals surface area contributed by atoms with E-state index in [2.05, 4.69) is 0 Å². The zero-order chi connectivity index (χ0) is 11.8. The molecule has 0 spiro atoms. The average molecular weight is 250 g/mol. The van der Waals surface area contributed by atoms with Gasteiger partial charge in [-0.2, -0.15) is 0 Å². The molecule has 1 atom stereocenters. The van der Waals surface area contributed by atoms with Gasteiger partial charge in [-0.25, -0.2) is 4.57 Å². The van der Waals surface area contributed by atoms with Crippen LogP contribution in [0.1, 0.15) is 12.8 Å². The second kappa shape index (κ2) is 9.97. The van der Waals surface area contributed by atoms with Crippen molar-refractivity contribution in [3.05, 3.63) is 0 Å². The van der Waals surface area contributed by atoms with Gasteiger partial charge in [0, 0.05) is 0 Å². The van der Waals surface area contributed by atoms with Crippen LogP contribution in [0, 0.1) is 0 Å². The van der Waals surface area contributed by atoms with Crippen LogP contribution in [0.2, 0.25) is 0 Å².